The standard InChI is InChI=1S/C33H28N2O7/c36-29(21-18-24-16-19-25(20-17-24)32(41)35(22-30(37)38)23-31(39)40)34-42-33(26-10-4-1-5-11-26,27-12-6-2-7-13-27)28-14-8-3-9-15-28/h1-21H,22-23H2,(H,34,36)(H,37,38)(H,39,40). The van der Waals surface area contributed by atoms with Gasteiger partial charge in [0.1, 0.15) is 13.1 Å². The molecule has 9 nitrogen and oxygen atoms in total. The van der Waals surface area contributed by atoms with Crippen molar-refractivity contribution in [2.45, 2.75) is 5.60 Å². The van der Waals surface area contributed by atoms with Gasteiger partial charge in [0.25, 0.3) is 11.8 Å². The van der Waals surface area contributed by atoms with Crippen LogP contribution in [0.15, 0.2) is 121 Å². The van der Waals surface area contributed by atoms with Crippen molar-refractivity contribution in [1.82, 2.24) is 10.4 Å². The third-order valence-corrected chi connectivity index (χ3v) is 6.37. The Hall–Kier alpha value is -5.54. The number of hydrogen-bond donors (Lipinski definition) is 3. The van der Waals surface area contributed by atoms with Crippen LogP contribution in [0.5, 0.6) is 0 Å². The maximum absolute atomic E-state index is 12.9. The van der Waals surface area contributed by atoms with Crippen LogP contribution in [0.3, 0.4) is 0 Å². The van der Waals surface area contributed by atoms with Crippen molar-refractivity contribution in [3.8, 4) is 0 Å². The number of carboxylic acid groups (broad SMARTS) is 2. The smallest absolute Gasteiger partial charge is 0.323 e. The van der Waals surface area contributed by atoms with E-state index in [0.29, 0.717) is 5.56 Å². The number of amides is 2. The molecule has 0 radical (unpaired) electrons. The highest BCUT2D eigenvalue weighted by atomic mass is 16.7. The largest absolute Gasteiger partial charge is 0.480 e. The van der Waals surface area contributed by atoms with E-state index in [4.69, 9.17) is 15.1 Å². The molecule has 212 valence electrons. The molecule has 4 rings (SSSR count). The van der Waals surface area contributed by atoms with E-state index < -0.39 is 42.4 Å². The van der Waals surface area contributed by atoms with Crippen LogP contribution in [-0.4, -0.2) is 52.0 Å². The lowest BCUT2D eigenvalue weighted by atomic mass is 9.80. The number of benzene rings is 4. The fraction of sp³-hybridized carbons (Fsp3) is 0.0909. The minimum Gasteiger partial charge on any atom is -0.480 e. The van der Waals surface area contributed by atoms with Gasteiger partial charge < -0.3 is 15.1 Å². The third kappa shape index (κ3) is 7.15. The SMILES string of the molecule is O=C(O)CN(CC(=O)O)C(=O)c1ccc(C=CC(=O)NOC(c2ccccc2)(c2ccccc2)c2ccccc2)cc1. The number of aliphatic carboxylic acids is 2. The van der Waals surface area contributed by atoms with Crippen molar-refractivity contribution in [3.63, 3.8) is 0 Å². The third-order valence-electron chi connectivity index (χ3n) is 6.37. The summed E-state index contributed by atoms with van der Waals surface area (Å²) in [5, 5.41) is 18.0. The normalized spacial score (nSPS) is 11.1. The molecule has 2 amide bonds. The average molecular weight is 565 g/mol. The number of carbonyl (C=O) groups excluding carboxylic acids is 2. The van der Waals surface area contributed by atoms with Crippen molar-refractivity contribution in [3.05, 3.63) is 149 Å². The van der Waals surface area contributed by atoms with E-state index in [0.717, 1.165) is 21.6 Å². The van der Waals surface area contributed by atoms with Crippen LogP contribution in [0.4, 0.5) is 0 Å². The maximum Gasteiger partial charge on any atom is 0.323 e. The molecule has 0 saturated heterocycles. The summed E-state index contributed by atoms with van der Waals surface area (Å²) in [7, 11) is 0. The van der Waals surface area contributed by atoms with Gasteiger partial charge in [0, 0.05) is 11.6 Å². The first-order valence-electron chi connectivity index (χ1n) is 12.9. The summed E-state index contributed by atoms with van der Waals surface area (Å²) in [6, 6.07) is 34.7. The molecule has 4 aromatic rings. The number of carboxylic acids is 2. The van der Waals surface area contributed by atoms with Crippen LogP contribution >= 0.6 is 0 Å². The zero-order valence-corrected chi connectivity index (χ0v) is 22.4. The fourth-order valence-corrected chi connectivity index (χ4v) is 4.47. The predicted molar refractivity (Wildman–Crippen MR) is 155 cm³/mol. The molecule has 0 saturated carbocycles. The molecule has 9 heteroatoms. The summed E-state index contributed by atoms with van der Waals surface area (Å²) in [4.78, 5) is 54.6. The lowest BCUT2D eigenvalue weighted by Gasteiger charge is -2.34. The Bertz CT molecular complexity index is 1440. The molecular weight excluding hydrogens is 536 g/mol. The highest BCUT2D eigenvalue weighted by Gasteiger charge is 2.39. The van der Waals surface area contributed by atoms with Crippen LogP contribution in [-0.2, 0) is 24.8 Å². The topological polar surface area (TPSA) is 133 Å². The summed E-state index contributed by atoms with van der Waals surface area (Å²) in [5.41, 5.74) is 4.55. The van der Waals surface area contributed by atoms with Crippen LogP contribution in [0.2, 0.25) is 0 Å². The van der Waals surface area contributed by atoms with E-state index in [2.05, 4.69) is 5.48 Å². The Morgan fingerprint density at radius 2 is 1.10 bits per heavy atom. The van der Waals surface area contributed by atoms with Gasteiger partial charge in [-0.3, -0.25) is 24.0 Å². The number of hydroxylamine groups is 1. The Morgan fingerprint density at radius 1 is 0.667 bits per heavy atom. The first-order valence-corrected chi connectivity index (χ1v) is 12.9. The van der Waals surface area contributed by atoms with Gasteiger partial charge >= 0.3 is 11.9 Å². The van der Waals surface area contributed by atoms with E-state index in [1.54, 1.807) is 12.1 Å². The Kier molecular flexibility index (Phi) is 9.60. The van der Waals surface area contributed by atoms with Crippen molar-refractivity contribution in [2.75, 3.05) is 13.1 Å². The van der Waals surface area contributed by atoms with Crippen LogP contribution in [0, 0.1) is 0 Å². The highest BCUT2D eigenvalue weighted by molar-refractivity contribution is 5.98. The second-order valence-corrected chi connectivity index (χ2v) is 9.25. The summed E-state index contributed by atoms with van der Waals surface area (Å²) in [6.45, 7) is -1.49. The number of rotatable bonds is 12. The van der Waals surface area contributed by atoms with Gasteiger partial charge in [0.15, 0.2) is 5.60 Å². The van der Waals surface area contributed by atoms with Gasteiger partial charge in [-0.25, -0.2) is 5.48 Å². The lowest BCUT2D eigenvalue weighted by Crippen LogP contribution is -2.40. The second kappa shape index (κ2) is 13.7. The summed E-state index contributed by atoms with van der Waals surface area (Å²) < 4.78 is 0. The Morgan fingerprint density at radius 3 is 1.50 bits per heavy atom. The van der Waals surface area contributed by atoms with Gasteiger partial charge in [-0.15, -0.1) is 0 Å². The van der Waals surface area contributed by atoms with Crippen molar-refractivity contribution >= 4 is 29.8 Å². The number of hydrogen-bond acceptors (Lipinski definition) is 5. The highest BCUT2D eigenvalue weighted by Crippen LogP contribution is 2.39. The summed E-state index contributed by atoms with van der Waals surface area (Å²) in [6.07, 6.45) is 2.80. The van der Waals surface area contributed by atoms with Crippen LogP contribution < -0.4 is 5.48 Å². The molecule has 0 aliphatic rings. The van der Waals surface area contributed by atoms with Gasteiger partial charge in [-0.1, -0.05) is 103 Å². The molecule has 0 aliphatic heterocycles. The Labute approximate surface area is 242 Å². The van der Waals surface area contributed by atoms with Crippen molar-refractivity contribution in [2.24, 2.45) is 0 Å². The molecule has 0 unspecified atom stereocenters. The van der Waals surface area contributed by atoms with E-state index in [1.807, 2.05) is 91.0 Å². The monoisotopic (exact) mass is 564 g/mol. The van der Waals surface area contributed by atoms with E-state index in [-0.39, 0.29) is 5.56 Å². The minimum absolute atomic E-state index is 0.112. The first kappa shape index (κ1) is 29.4. The molecule has 0 aliphatic carbocycles. The van der Waals surface area contributed by atoms with Crippen molar-refractivity contribution in [1.29, 1.82) is 0 Å². The Balaban J connectivity index is 1.53. The lowest BCUT2D eigenvalue weighted by molar-refractivity contribution is -0.141. The predicted octanol–water partition coefficient (Wildman–Crippen LogP) is 4.35. The molecule has 0 spiro atoms. The molecule has 3 N–H and O–H groups in total. The van der Waals surface area contributed by atoms with Crippen molar-refractivity contribution < 1.29 is 34.2 Å². The molecule has 0 bridgehead atoms. The first-order chi connectivity index (χ1) is 20.3. The molecule has 4 aromatic carbocycles. The van der Waals surface area contributed by atoms with Gasteiger partial charge in [0.2, 0.25) is 0 Å². The molecule has 0 heterocycles. The number of nitrogens with one attached hydrogen (secondary N) is 1. The quantitative estimate of drug-likeness (QED) is 0.132. The minimum atomic E-state index is -1.33. The maximum atomic E-state index is 12.9. The van der Waals surface area contributed by atoms with E-state index in [9.17, 15) is 19.2 Å². The molecule has 42 heavy (non-hydrogen) atoms. The van der Waals surface area contributed by atoms with Gasteiger partial charge in [-0.2, -0.15) is 0 Å². The van der Waals surface area contributed by atoms with E-state index >= 15 is 0 Å². The second-order valence-electron chi connectivity index (χ2n) is 9.25. The molecule has 0 aromatic heterocycles. The van der Waals surface area contributed by atoms with Crippen LogP contribution in [0.1, 0.15) is 32.6 Å². The summed E-state index contributed by atoms with van der Waals surface area (Å²) >= 11 is 0. The number of nitrogens with zero attached hydrogens (tertiary/aromatic N) is 1. The fourth-order valence-electron chi connectivity index (χ4n) is 4.47. The average Bonchev–Trinajstić information content (AvgIpc) is 3.01. The summed E-state index contributed by atoms with van der Waals surface area (Å²) in [5.74, 6) is -3.92. The van der Waals surface area contributed by atoms with Gasteiger partial charge in [0.05, 0.1) is 0 Å². The van der Waals surface area contributed by atoms with Gasteiger partial charge in [-0.05, 0) is 40.5 Å². The molecular formula is C33H28N2O7. The van der Waals surface area contributed by atoms with E-state index in [1.165, 1.54) is 24.3 Å². The zero-order chi connectivity index (χ0) is 30.0. The number of carbonyl (C=O) groups is 4. The molecule has 0 fully saturated rings. The van der Waals surface area contributed by atoms with Crippen LogP contribution in [0.25, 0.3) is 6.08 Å². The zero-order valence-electron chi connectivity index (χ0n) is 22.4. The molecule has 0 atom stereocenters.